The van der Waals surface area contributed by atoms with E-state index in [0.717, 1.165) is 37.8 Å². The molecule has 1 fully saturated rings. The molecule has 0 radical (unpaired) electrons. The van der Waals surface area contributed by atoms with E-state index in [0.29, 0.717) is 0 Å². The minimum atomic E-state index is 0. The Labute approximate surface area is 128 Å². The molecule has 19 heavy (non-hydrogen) atoms. The molecule has 1 saturated heterocycles. The summed E-state index contributed by atoms with van der Waals surface area (Å²) in [4.78, 5) is 2.49. The lowest BCUT2D eigenvalue weighted by Crippen LogP contribution is -2.35. The van der Waals surface area contributed by atoms with E-state index in [1.165, 1.54) is 18.4 Å². The van der Waals surface area contributed by atoms with E-state index in [1.54, 1.807) is 7.11 Å². The van der Waals surface area contributed by atoms with Crippen molar-refractivity contribution in [1.82, 2.24) is 4.90 Å². The Bertz CT molecular complexity index is 355. The summed E-state index contributed by atoms with van der Waals surface area (Å²) in [5.74, 6) is 1.72. The third-order valence-corrected chi connectivity index (χ3v) is 3.63. The number of benzene rings is 1. The number of hydrogen-bond donors (Lipinski definition) is 1. The fourth-order valence-corrected chi connectivity index (χ4v) is 2.45. The maximum Gasteiger partial charge on any atom is 0.123 e. The van der Waals surface area contributed by atoms with Gasteiger partial charge < -0.3 is 10.5 Å². The van der Waals surface area contributed by atoms with E-state index >= 15 is 0 Å². The summed E-state index contributed by atoms with van der Waals surface area (Å²) in [6.45, 7) is 4.13. The monoisotopic (exact) mass is 306 g/mol. The van der Waals surface area contributed by atoms with Crippen LogP contribution in [-0.4, -0.2) is 31.6 Å². The molecule has 0 saturated carbocycles. The van der Waals surface area contributed by atoms with Crippen molar-refractivity contribution in [2.24, 2.45) is 11.7 Å². The highest BCUT2D eigenvalue weighted by molar-refractivity contribution is 5.85. The zero-order valence-electron chi connectivity index (χ0n) is 11.4. The Hall–Kier alpha value is -0.480. The average Bonchev–Trinajstić information content (AvgIpc) is 2.40. The van der Waals surface area contributed by atoms with Crippen molar-refractivity contribution >= 4 is 24.8 Å². The first kappa shape index (κ1) is 18.5. The summed E-state index contributed by atoms with van der Waals surface area (Å²) in [6, 6.07) is 8.27. The molecule has 110 valence electrons. The second-order valence-electron chi connectivity index (χ2n) is 4.77. The largest absolute Gasteiger partial charge is 0.496 e. The highest BCUT2D eigenvalue weighted by Crippen LogP contribution is 2.22. The standard InChI is InChI=1S/C14H22N2O.2ClH/c1-17-14-5-3-2-4-13(14)11-16-8-6-12(10-15)7-9-16;;/h2-5,12H,6-11,15H2,1H3;2*1H. The number of piperidine rings is 1. The molecule has 2 N–H and O–H groups in total. The number of halogens is 2. The van der Waals surface area contributed by atoms with Crippen molar-refractivity contribution in [2.45, 2.75) is 19.4 Å². The first-order chi connectivity index (χ1) is 8.33. The molecule has 0 aromatic heterocycles. The Morgan fingerprint density at radius 1 is 1.21 bits per heavy atom. The van der Waals surface area contributed by atoms with Gasteiger partial charge in [0.2, 0.25) is 0 Å². The fraction of sp³-hybridized carbons (Fsp3) is 0.571. The molecule has 1 heterocycles. The van der Waals surface area contributed by atoms with Gasteiger partial charge in [-0.1, -0.05) is 18.2 Å². The van der Waals surface area contributed by atoms with Gasteiger partial charge in [0.05, 0.1) is 7.11 Å². The highest BCUT2D eigenvalue weighted by Gasteiger charge is 2.18. The molecule has 5 heteroatoms. The molecule has 1 aliphatic heterocycles. The quantitative estimate of drug-likeness (QED) is 0.929. The van der Waals surface area contributed by atoms with Crippen LogP contribution in [0.1, 0.15) is 18.4 Å². The van der Waals surface area contributed by atoms with Crippen LogP contribution in [0.3, 0.4) is 0 Å². The predicted octanol–water partition coefficient (Wildman–Crippen LogP) is 2.71. The second kappa shape index (κ2) is 9.43. The normalized spacial score (nSPS) is 16.3. The van der Waals surface area contributed by atoms with Gasteiger partial charge in [-0.3, -0.25) is 4.90 Å². The van der Waals surface area contributed by atoms with Gasteiger partial charge in [0.15, 0.2) is 0 Å². The van der Waals surface area contributed by atoms with E-state index < -0.39 is 0 Å². The van der Waals surface area contributed by atoms with Gasteiger partial charge in [0.25, 0.3) is 0 Å². The van der Waals surface area contributed by atoms with Crippen LogP contribution in [0.15, 0.2) is 24.3 Å². The minimum Gasteiger partial charge on any atom is -0.496 e. The zero-order chi connectivity index (χ0) is 12.1. The van der Waals surface area contributed by atoms with Gasteiger partial charge in [0.1, 0.15) is 5.75 Å². The maximum atomic E-state index is 5.71. The third-order valence-electron chi connectivity index (χ3n) is 3.63. The average molecular weight is 307 g/mol. The van der Waals surface area contributed by atoms with Crippen molar-refractivity contribution in [3.8, 4) is 5.75 Å². The van der Waals surface area contributed by atoms with E-state index in [4.69, 9.17) is 10.5 Å². The summed E-state index contributed by atoms with van der Waals surface area (Å²) in [7, 11) is 1.74. The van der Waals surface area contributed by atoms with Crippen LogP contribution in [0.4, 0.5) is 0 Å². The molecule has 2 rings (SSSR count). The van der Waals surface area contributed by atoms with Crippen LogP contribution in [0.25, 0.3) is 0 Å². The van der Waals surface area contributed by atoms with E-state index in [9.17, 15) is 0 Å². The molecule has 0 bridgehead atoms. The maximum absolute atomic E-state index is 5.71. The lowest BCUT2D eigenvalue weighted by atomic mass is 9.97. The van der Waals surface area contributed by atoms with E-state index in [-0.39, 0.29) is 24.8 Å². The number of hydrogen-bond acceptors (Lipinski definition) is 3. The minimum absolute atomic E-state index is 0. The zero-order valence-corrected chi connectivity index (χ0v) is 13.0. The molecule has 0 unspecified atom stereocenters. The van der Waals surface area contributed by atoms with Gasteiger partial charge in [-0.15, -0.1) is 24.8 Å². The molecule has 0 aliphatic carbocycles. The number of ether oxygens (including phenoxy) is 1. The molecule has 0 spiro atoms. The van der Waals surface area contributed by atoms with Crippen LogP contribution in [0.5, 0.6) is 5.75 Å². The van der Waals surface area contributed by atoms with Crippen molar-refractivity contribution in [2.75, 3.05) is 26.7 Å². The third kappa shape index (κ3) is 5.19. The Kier molecular flexibility index (Phi) is 9.19. The summed E-state index contributed by atoms with van der Waals surface area (Å²) in [5.41, 5.74) is 6.99. The Morgan fingerprint density at radius 2 is 1.84 bits per heavy atom. The summed E-state index contributed by atoms with van der Waals surface area (Å²) in [6.07, 6.45) is 2.46. The van der Waals surface area contributed by atoms with Gasteiger partial charge in [0, 0.05) is 12.1 Å². The Morgan fingerprint density at radius 3 is 2.42 bits per heavy atom. The van der Waals surface area contributed by atoms with Crippen molar-refractivity contribution in [3.63, 3.8) is 0 Å². The second-order valence-corrected chi connectivity index (χ2v) is 4.77. The molecule has 3 nitrogen and oxygen atoms in total. The summed E-state index contributed by atoms with van der Waals surface area (Å²) >= 11 is 0. The van der Waals surface area contributed by atoms with Crippen molar-refractivity contribution in [1.29, 1.82) is 0 Å². The van der Waals surface area contributed by atoms with Gasteiger partial charge in [-0.2, -0.15) is 0 Å². The van der Waals surface area contributed by atoms with Gasteiger partial charge in [-0.25, -0.2) is 0 Å². The fourth-order valence-electron chi connectivity index (χ4n) is 2.45. The first-order valence-corrected chi connectivity index (χ1v) is 6.37. The summed E-state index contributed by atoms with van der Waals surface area (Å²) < 4.78 is 5.38. The van der Waals surface area contributed by atoms with Crippen LogP contribution >= 0.6 is 24.8 Å². The van der Waals surface area contributed by atoms with Crippen LogP contribution in [0.2, 0.25) is 0 Å². The van der Waals surface area contributed by atoms with Crippen molar-refractivity contribution < 1.29 is 4.74 Å². The first-order valence-electron chi connectivity index (χ1n) is 6.37. The van der Waals surface area contributed by atoms with Crippen LogP contribution in [-0.2, 0) is 6.54 Å². The predicted molar refractivity (Wildman–Crippen MR) is 84.5 cm³/mol. The molecule has 0 atom stereocenters. The van der Waals surface area contributed by atoms with Gasteiger partial charge in [-0.05, 0) is 44.5 Å². The smallest absolute Gasteiger partial charge is 0.123 e. The van der Waals surface area contributed by atoms with Crippen molar-refractivity contribution in [3.05, 3.63) is 29.8 Å². The number of methoxy groups -OCH3 is 1. The van der Waals surface area contributed by atoms with Crippen LogP contribution in [0, 0.1) is 5.92 Å². The molecule has 1 aromatic rings. The van der Waals surface area contributed by atoms with E-state index in [1.807, 2.05) is 12.1 Å². The number of para-hydroxylation sites is 1. The molecular formula is C14H24Cl2N2O. The SMILES string of the molecule is COc1ccccc1CN1CCC(CN)CC1.Cl.Cl. The topological polar surface area (TPSA) is 38.5 Å². The lowest BCUT2D eigenvalue weighted by Gasteiger charge is -2.31. The Balaban J connectivity index is 0.00000162. The van der Waals surface area contributed by atoms with Crippen LogP contribution < -0.4 is 10.5 Å². The molecule has 1 aliphatic rings. The van der Waals surface area contributed by atoms with E-state index in [2.05, 4.69) is 17.0 Å². The van der Waals surface area contributed by atoms with Gasteiger partial charge >= 0.3 is 0 Å². The number of nitrogens with two attached hydrogens (primary N) is 1. The number of nitrogens with zero attached hydrogens (tertiary/aromatic N) is 1. The molecular weight excluding hydrogens is 283 g/mol. The molecule has 1 aromatic carbocycles. The molecule has 0 amide bonds. The summed E-state index contributed by atoms with van der Waals surface area (Å²) in [5, 5.41) is 0. The number of rotatable bonds is 4. The highest BCUT2D eigenvalue weighted by atomic mass is 35.5. The lowest BCUT2D eigenvalue weighted by molar-refractivity contribution is 0.179. The number of likely N-dealkylation sites (tertiary alicyclic amines) is 1.